The number of alkyl halides is 3. The Morgan fingerprint density at radius 2 is 1.77 bits per heavy atom. The minimum atomic E-state index is -5.53. The number of rotatable bonds is 5. The summed E-state index contributed by atoms with van der Waals surface area (Å²) in [7, 11) is -5.53. The third-order valence-electron chi connectivity index (χ3n) is 4.46. The number of hydrogen-bond donors (Lipinski definition) is 2. The molecule has 0 saturated carbocycles. The summed E-state index contributed by atoms with van der Waals surface area (Å²) in [6.45, 7) is 1.23. The molecule has 0 saturated heterocycles. The molecule has 1 aromatic carbocycles. The van der Waals surface area contributed by atoms with E-state index >= 15 is 0 Å². The van der Waals surface area contributed by atoms with Crippen molar-refractivity contribution in [2.24, 2.45) is 0 Å². The Kier molecular flexibility index (Phi) is 5.48. The predicted octanol–water partition coefficient (Wildman–Crippen LogP) is 1.88. The van der Waals surface area contributed by atoms with Gasteiger partial charge in [-0.2, -0.15) is 13.2 Å². The van der Waals surface area contributed by atoms with E-state index in [4.69, 9.17) is 0 Å². The highest BCUT2D eigenvalue weighted by atomic mass is 32.2. The van der Waals surface area contributed by atoms with Crippen LogP contribution >= 0.6 is 0 Å². The number of nitrogens with zero attached hydrogens (tertiary/aromatic N) is 3. The highest BCUT2D eigenvalue weighted by molar-refractivity contribution is 7.92. The Labute approximate surface area is 168 Å². The lowest BCUT2D eigenvalue weighted by Gasteiger charge is -2.09. The second-order valence-electron chi connectivity index (χ2n) is 6.37. The average molecular weight is 443 g/mol. The van der Waals surface area contributed by atoms with Crippen LogP contribution in [0.1, 0.15) is 17.0 Å². The van der Waals surface area contributed by atoms with Gasteiger partial charge in [-0.1, -0.05) is 0 Å². The minimum absolute atomic E-state index is 0.00810. The Morgan fingerprint density at radius 3 is 2.33 bits per heavy atom. The van der Waals surface area contributed by atoms with Crippen LogP contribution in [-0.4, -0.2) is 38.3 Å². The number of sulfone groups is 1. The van der Waals surface area contributed by atoms with Gasteiger partial charge >= 0.3 is 11.2 Å². The first-order valence-electron chi connectivity index (χ1n) is 8.45. The summed E-state index contributed by atoms with van der Waals surface area (Å²) in [6.07, 6.45) is 1.46. The molecule has 2 heterocycles. The van der Waals surface area contributed by atoms with Gasteiger partial charge in [0.15, 0.2) is 0 Å². The van der Waals surface area contributed by atoms with Crippen LogP contribution in [0.25, 0.3) is 5.69 Å². The van der Waals surface area contributed by atoms with Crippen molar-refractivity contribution in [2.45, 2.75) is 30.5 Å². The standard InChI is InChI=1S/C18H16F3N3O5S/c1-11-16(26)24(14-2-4-15(5-3-14)30(28,29)18(19,20)21)17(27)23(11)9-12-6-7-22-13(8-12)10-25/h2-8,25-26H,9-10H2,1H3. The summed E-state index contributed by atoms with van der Waals surface area (Å²) in [5, 5.41) is 19.6. The molecule has 3 rings (SSSR count). The number of aromatic nitrogens is 3. The topological polar surface area (TPSA) is 114 Å². The molecule has 0 fully saturated rings. The van der Waals surface area contributed by atoms with E-state index < -0.39 is 31.8 Å². The zero-order valence-electron chi connectivity index (χ0n) is 15.5. The van der Waals surface area contributed by atoms with Gasteiger partial charge in [0.1, 0.15) is 0 Å². The number of halogens is 3. The molecule has 0 spiro atoms. The molecule has 2 N–H and O–H groups in total. The first-order valence-corrected chi connectivity index (χ1v) is 9.93. The van der Waals surface area contributed by atoms with Gasteiger partial charge in [-0.3, -0.25) is 9.55 Å². The predicted molar refractivity (Wildman–Crippen MR) is 98.9 cm³/mol. The van der Waals surface area contributed by atoms with E-state index in [0.29, 0.717) is 23.4 Å². The molecule has 0 aliphatic carbocycles. The molecule has 0 bridgehead atoms. The van der Waals surface area contributed by atoms with E-state index in [1.165, 1.54) is 17.7 Å². The Hall–Kier alpha value is -3.12. The molecule has 160 valence electrons. The van der Waals surface area contributed by atoms with E-state index in [0.717, 1.165) is 16.7 Å². The number of benzene rings is 1. The minimum Gasteiger partial charge on any atom is -0.493 e. The van der Waals surface area contributed by atoms with Crippen LogP contribution in [0.15, 0.2) is 52.3 Å². The van der Waals surface area contributed by atoms with Crippen LogP contribution < -0.4 is 5.69 Å². The quantitative estimate of drug-likeness (QED) is 0.623. The van der Waals surface area contributed by atoms with Gasteiger partial charge in [-0.15, -0.1) is 0 Å². The normalized spacial score (nSPS) is 12.3. The molecular formula is C18H16F3N3O5S. The summed E-state index contributed by atoms with van der Waals surface area (Å²) in [6, 6.07) is 6.63. The van der Waals surface area contributed by atoms with Crippen LogP contribution in [0.2, 0.25) is 0 Å². The van der Waals surface area contributed by atoms with Crippen molar-refractivity contribution in [2.75, 3.05) is 0 Å². The van der Waals surface area contributed by atoms with Gasteiger partial charge in [-0.25, -0.2) is 17.8 Å². The second kappa shape index (κ2) is 7.61. The highest BCUT2D eigenvalue weighted by Crippen LogP contribution is 2.31. The fourth-order valence-corrected chi connectivity index (χ4v) is 3.62. The van der Waals surface area contributed by atoms with E-state index in [-0.39, 0.29) is 24.5 Å². The smallest absolute Gasteiger partial charge is 0.493 e. The third kappa shape index (κ3) is 3.71. The van der Waals surface area contributed by atoms with Crippen LogP contribution in [0.4, 0.5) is 13.2 Å². The highest BCUT2D eigenvalue weighted by Gasteiger charge is 2.46. The summed E-state index contributed by atoms with van der Waals surface area (Å²) in [4.78, 5) is 15.8. The summed E-state index contributed by atoms with van der Waals surface area (Å²) >= 11 is 0. The van der Waals surface area contributed by atoms with Crippen molar-refractivity contribution in [1.29, 1.82) is 0 Å². The van der Waals surface area contributed by atoms with E-state index in [9.17, 15) is 36.6 Å². The number of aromatic hydroxyl groups is 1. The Morgan fingerprint density at radius 1 is 1.13 bits per heavy atom. The van der Waals surface area contributed by atoms with Gasteiger partial charge in [-0.05, 0) is 48.9 Å². The summed E-state index contributed by atoms with van der Waals surface area (Å²) < 4.78 is 63.1. The lowest BCUT2D eigenvalue weighted by molar-refractivity contribution is -0.0436. The maximum Gasteiger partial charge on any atom is 0.501 e. The first-order chi connectivity index (χ1) is 14.0. The summed E-state index contributed by atoms with van der Waals surface area (Å²) in [5.74, 6) is -0.442. The van der Waals surface area contributed by atoms with Crippen molar-refractivity contribution in [1.82, 2.24) is 14.1 Å². The van der Waals surface area contributed by atoms with Gasteiger partial charge in [0.2, 0.25) is 5.88 Å². The first kappa shape index (κ1) is 21.6. The molecule has 0 atom stereocenters. The van der Waals surface area contributed by atoms with Crippen molar-refractivity contribution < 1.29 is 31.8 Å². The molecule has 2 aromatic heterocycles. The Bertz CT molecular complexity index is 1250. The SMILES string of the molecule is Cc1c(O)n(-c2ccc(S(=O)(=O)C(F)(F)F)cc2)c(=O)n1Cc1ccnc(CO)c1. The van der Waals surface area contributed by atoms with E-state index in [2.05, 4.69) is 4.98 Å². The zero-order valence-corrected chi connectivity index (χ0v) is 16.3. The van der Waals surface area contributed by atoms with E-state index in [1.54, 1.807) is 12.1 Å². The van der Waals surface area contributed by atoms with Crippen LogP contribution in [0.5, 0.6) is 5.88 Å². The van der Waals surface area contributed by atoms with Crippen molar-refractivity contribution in [3.05, 3.63) is 70.0 Å². The molecule has 8 nitrogen and oxygen atoms in total. The molecule has 0 aliphatic heterocycles. The molecule has 3 aromatic rings. The second-order valence-corrected chi connectivity index (χ2v) is 8.31. The average Bonchev–Trinajstić information content (AvgIpc) is 2.90. The van der Waals surface area contributed by atoms with Gasteiger partial charge in [0.25, 0.3) is 9.84 Å². The van der Waals surface area contributed by atoms with Gasteiger partial charge in [0.05, 0.1) is 35.1 Å². The van der Waals surface area contributed by atoms with Crippen molar-refractivity contribution in [3.63, 3.8) is 0 Å². The third-order valence-corrected chi connectivity index (χ3v) is 5.96. The molecule has 0 radical (unpaired) electrons. The van der Waals surface area contributed by atoms with Gasteiger partial charge in [0, 0.05) is 6.20 Å². The molecule has 30 heavy (non-hydrogen) atoms. The monoisotopic (exact) mass is 443 g/mol. The molecule has 12 heteroatoms. The largest absolute Gasteiger partial charge is 0.501 e. The molecule has 0 aliphatic rings. The van der Waals surface area contributed by atoms with Crippen molar-refractivity contribution >= 4 is 9.84 Å². The van der Waals surface area contributed by atoms with Crippen LogP contribution in [-0.2, 0) is 23.0 Å². The van der Waals surface area contributed by atoms with E-state index in [1.807, 2.05) is 0 Å². The number of aliphatic hydroxyl groups excluding tert-OH is 1. The number of imidazole rings is 1. The maximum atomic E-state index is 12.8. The number of hydrogen-bond acceptors (Lipinski definition) is 6. The fourth-order valence-electron chi connectivity index (χ4n) is 2.86. The molecular weight excluding hydrogens is 427 g/mol. The Balaban J connectivity index is 2.02. The summed E-state index contributed by atoms with van der Waals surface area (Å²) in [5.41, 5.74) is -4.93. The number of aliphatic hydroxyl groups is 1. The van der Waals surface area contributed by atoms with Crippen molar-refractivity contribution in [3.8, 4) is 11.6 Å². The van der Waals surface area contributed by atoms with Crippen LogP contribution in [0.3, 0.4) is 0 Å². The molecule has 0 unspecified atom stereocenters. The lowest BCUT2D eigenvalue weighted by Crippen LogP contribution is -2.25. The van der Waals surface area contributed by atoms with Gasteiger partial charge < -0.3 is 10.2 Å². The maximum absolute atomic E-state index is 12.8. The zero-order chi connectivity index (χ0) is 22.3. The fraction of sp³-hybridized carbons (Fsp3) is 0.222. The molecule has 0 amide bonds. The lowest BCUT2D eigenvalue weighted by atomic mass is 10.2. The van der Waals surface area contributed by atoms with Crippen LogP contribution in [0, 0.1) is 6.92 Å². The number of pyridine rings is 1.